The lowest BCUT2D eigenvalue weighted by molar-refractivity contribution is 0.0178. The van der Waals surface area contributed by atoms with Gasteiger partial charge in [-0.05, 0) is 67.4 Å². The molecule has 0 aliphatic heterocycles. The molecule has 1 fully saturated rings. The van der Waals surface area contributed by atoms with E-state index in [0.29, 0.717) is 5.41 Å². The summed E-state index contributed by atoms with van der Waals surface area (Å²) in [6.45, 7) is 9.12. The third-order valence-electron chi connectivity index (χ3n) is 4.63. The molecule has 0 saturated heterocycles. The maximum absolute atomic E-state index is 11.0. The first-order chi connectivity index (χ1) is 8.33. The van der Waals surface area contributed by atoms with Crippen molar-refractivity contribution in [1.82, 2.24) is 0 Å². The zero-order valence-electron chi connectivity index (χ0n) is 12.1. The largest absolute Gasteiger partial charge is 0.385 e. The molecule has 1 aromatic rings. The topological polar surface area (TPSA) is 20.2 Å². The Hall–Kier alpha value is -0.340. The summed E-state index contributed by atoms with van der Waals surface area (Å²) in [5.41, 5.74) is 0.987. The fraction of sp³-hybridized carbons (Fsp3) is 0.750. The van der Waals surface area contributed by atoms with Gasteiger partial charge in [0.2, 0.25) is 0 Å². The number of rotatable bonds is 1. The second kappa shape index (κ2) is 4.97. The minimum absolute atomic E-state index is 0.370. The van der Waals surface area contributed by atoms with Gasteiger partial charge in [-0.2, -0.15) is 0 Å². The van der Waals surface area contributed by atoms with Crippen molar-refractivity contribution in [2.24, 2.45) is 11.3 Å². The van der Waals surface area contributed by atoms with Crippen LogP contribution in [-0.2, 0) is 5.60 Å². The van der Waals surface area contributed by atoms with Crippen LogP contribution in [0.25, 0.3) is 0 Å². The molecule has 1 heterocycles. The van der Waals surface area contributed by atoms with E-state index in [1.54, 1.807) is 11.3 Å². The van der Waals surface area contributed by atoms with Crippen molar-refractivity contribution < 1.29 is 5.11 Å². The normalized spacial score (nSPS) is 30.2. The average Bonchev–Trinajstić information content (AvgIpc) is 2.57. The third-order valence-corrected chi connectivity index (χ3v) is 5.48. The first-order valence-electron chi connectivity index (χ1n) is 7.10. The molecule has 0 bridgehead atoms. The number of thiophene rings is 1. The minimum Gasteiger partial charge on any atom is -0.385 e. The van der Waals surface area contributed by atoms with Gasteiger partial charge in [-0.1, -0.05) is 20.8 Å². The van der Waals surface area contributed by atoms with Crippen molar-refractivity contribution in [2.45, 2.75) is 65.4 Å². The molecule has 0 aromatic carbocycles. The summed E-state index contributed by atoms with van der Waals surface area (Å²) < 4.78 is 0. The van der Waals surface area contributed by atoms with Crippen LogP contribution in [0.5, 0.6) is 0 Å². The Morgan fingerprint density at radius 3 is 2.56 bits per heavy atom. The van der Waals surface area contributed by atoms with Crippen LogP contribution in [0, 0.1) is 18.3 Å². The smallest absolute Gasteiger partial charge is 0.0907 e. The molecule has 1 aliphatic carbocycles. The SMILES string of the molecule is Cc1sccc1C1(O)CCCC(C(C)(C)C)CC1. The number of hydrogen-bond acceptors (Lipinski definition) is 2. The van der Waals surface area contributed by atoms with Crippen LogP contribution < -0.4 is 0 Å². The van der Waals surface area contributed by atoms with E-state index in [-0.39, 0.29) is 0 Å². The summed E-state index contributed by atoms with van der Waals surface area (Å²) in [4.78, 5) is 1.28. The van der Waals surface area contributed by atoms with Gasteiger partial charge in [0.1, 0.15) is 0 Å². The Bertz CT molecular complexity index is 401. The second-order valence-corrected chi connectivity index (χ2v) is 8.04. The van der Waals surface area contributed by atoms with E-state index in [2.05, 4.69) is 39.1 Å². The maximum atomic E-state index is 11.0. The highest BCUT2D eigenvalue weighted by molar-refractivity contribution is 7.10. The van der Waals surface area contributed by atoms with Crippen molar-refractivity contribution in [3.05, 3.63) is 21.9 Å². The minimum atomic E-state index is -0.565. The van der Waals surface area contributed by atoms with Crippen molar-refractivity contribution in [2.75, 3.05) is 0 Å². The summed E-state index contributed by atoms with van der Waals surface area (Å²) >= 11 is 1.75. The first kappa shape index (κ1) is 14.1. The Balaban J connectivity index is 2.16. The fourth-order valence-corrected chi connectivity index (χ4v) is 4.12. The fourth-order valence-electron chi connectivity index (χ4n) is 3.33. The van der Waals surface area contributed by atoms with Crippen LogP contribution in [-0.4, -0.2) is 5.11 Å². The van der Waals surface area contributed by atoms with E-state index in [1.165, 1.54) is 16.9 Å². The molecule has 2 heteroatoms. The van der Waals surface area contributed by atoms with Crippen LogP contribution in [0.15, 0.2) is 11.4 Å². The zero-order chi connectivity index (χ0) is 13.4. The molecule has 1 saturated carbocycles. The maximum Gasteiger partial charge on any atom is 0.0907 e. The van der Waals surface area contributed by atoms with Gasteiger partial charge in [0, 0.05) is 4.88 Å². The zero-order valence-corrected chi connectivity index (χ0v) is 12.9. The van der Waals surface area contributed by atoms with E-state index >= 15 is 0 Å². The standard InChI is InChI=1S/C16H26OS/c1-12-14(8-11-18-12)16(17)9-5-6-13(7-10-16)15(2,3)4/h8,11,13,17H,5-7,9-10H2,1-4H3. The monoisotopic (exact) mass is 266 g/mol. The Morgan fingerprint density at radius 2 is 2.00 bits per heavy atom. The number of aryl methyl sites for hydroxylation is 1. The van der Waals surface area contributed by atoms with Crippen LogP contribution in [0.2, 0.25) is 0 Å². The van der Waals surface area contributed by atoms with E-state index in [9.17, 15) is 5.11 Å². The van der Waals surface area contributed by atoms with Crippen LogP contribution in [0.1, 0.15) is 63.3 Å². The average molecular weight is 266 g/mol. The molecule has 1 aliphatic rings. The quantitative estimate of drug-likeness (QED) is 0.719. The third kappa shape index (κ3) is 2.80. The molecular weight excluding hydrogens is 240 g/mol. The van der Waals surface area contributed by atoms with E-state index < -0.39 is 5.60 Å². The summed E-state index contributed by atoms with van der Waals surface area (Å²) in [5, 5.41) is 13.1. The van der Waals surface area contributed by atoms with Crippen molar-refractivity contribution in [3.8, 4) is 0 Å². The van der Waals surface area contributed by atoms with Crippen molar-refractivity contribution >= 4 is 11.3 Å². The Morgan fingerprint density at radius 1 is 1.28 bits per heavy atom. The van der Waals surface area contributed by atoms with E-state index in [4.69, 9.17) is 0 Å². The van der Waals surface area contributed by atoms with E-state index in [1.807, 2.05) is 0 Å². The number of hydrogen-bond donors (Lipinski definition) is 1. The van der Waals surface area contributed by atoms with Gasteiger partial charge in [0.05, 0.1) is 5.60 Å². The van der Waals surface area contributed by atoms with Crippen LogP contribution in [0.4, 0.5) is 0 Å². The van der Waals surface area contributed by atoms with Gasteiger partial charge >= 0.3 is 0 Å². The van der Waals surface area contributed by atoms with Crippen molar-refractivity contribution in [1.29, 1.82) is 0 Å². The van der Waals surface area contributed by atoms with Gasteiger partial charge < -0.3 is 5.11 Å². The highest BCUT2D eigenvalue weighted by Gasteiger charge is 2.36. The summed E-state index contributed by atoms with van der Waals surface area (Å²) in [5.74, 6) is 0.741. The lowest BCUT2D eigenvalue weighted by Gasteiger charge is -2.31. The molecule has 1 nitrogen and oxygen atoms in total. The predicted molar refractivity (Wildman–Crippen MR) is 79.0 cm³/mol. The highest BCUT2D eigenvalue weighted by Crippen LogP contribution is 2.44. The Labute approximate surface area is 115 Å². The summed E-state index contributed by atoms with van der Waals surface area (Å²) in [6, 6.07) is 2.12. The molecule has 1 aromatic heterocycles. The number of aliphatic hydroxyl groups is 1. The lowest BCUT2D eigenvalue weighted by Crippen LogP contribution is -2.26. The molecule has 2 unspecified atom stereocenters. The van der Waals surface area contributed by atoms with Crippen LogP contribution >= 0.6 is 11.3 Å². The molecule has 0 amide bonds. The second-order valence-electron chi connectivity index (χ2n) is 6.92. The Kier molecular flexibility index (Phi) is 3.89. The van der Waals surface area contributed by atoms with Gasteiger partial charge in [0.15, 0.2) is 0 Å². The molecule has 2 atom stereocenters. The lowest BCUT2D eigenvalue weighted by atomic mass is 9.76. The van der Waals surface area contributed by atoms with Crippen molar-refractivity contribution in [3.63, 3.8) is 0 Å². The molecule has 2 rings (SSSR count). The molecule has 1 N–H and O–H groups in total. The van der Waals surface area contributed by atoms with Gasteiger partial charge in [0.25, 0.3) is 0 Å². The first-order valence-corrected chi connectivity index (χ1v) is 7.98. The molecular formula is C16H26OS. The molecule has 18 heavy (non-hydrogen) atoms. The molecule has 0 radical (unpaired) electrons. The van der Waals surface area contributed by atoms with Gasteiger partial charge in [-0.15, -0.1) is 11.3 Å². The summed E-state index contributed by atoms with van der Waals surface area (Å²) in [6.07, 6.45) is 5.40. The van der Waals surface area contributed by atoms with Gasteiger partial charge in [-0.25, -0.2) is 0 Å². The predicted octanol–water partition coefficient (Wildman–Crippen LogP) is 4.87. The molecule has 102 valence electrons. The summed E-state index contributed by atoms with van der Waals surface area (Å²) in [7, 11) is 0. The van der Waals surface area contributed by atoms with Crippen LogP contribution in [0.3, 0.4) is 0 Å². The highest BCUT2D eigenvalue weighted by atomic mass is 32.1. The van der Waals surface area contributed by atoms with E-state index in [0.717, 1.165) is 31.6 Å². The van der Waals surface area contributed by atoms with Gasteiger partial charge in [-0.3, -0.25) is 0 Å². The molecule has 0 spiro atoms.